The molecule has 0 saturated carbocycles. The maximum Gasteiger partial charge on any atom is 0.309 e. The summed E-state index contributed by atoms with van der Waals surface area (Å²) < 4.78 is 5.24. The van der Waals surface area contributed by atoms with Crippen LogP contribution in [-0.4, -0.2) is 18.4 Å². The summed E-state index contributed by atoms with van der Waals surface area (Å²) in [5.74, 6) is -0.569. The lowest BCUT2D eigenvalue weighted by Gasteiger charge is -2.21. The van der Waals surface area contributed by atoms with Crippen LogP contribution >= 0.6 is 0 Å². The lowest BCUT2D eigenvalue weighted by molar-refractivity contribution is -0.149. The Morgan fingerprint density at radius 2 is 2.00 bits per heavy atom. The van der Waals surface area contributed by atoms with E-state index in [0.29, 0.717) is 13.0 Å². The van der Waals surface area contributed by atoms with Crippen LogP contribution in [0.25, 0.3) is 5.57 Å². The Hall–Kier alpha value is -1.90. The lowest BCUT2D eigenvalue weighted by Crippen LogP contribution is -2.24. The molecule has 0 saturated heterocycles. The van der Waals surface area contributed by atoms with E-state index in [1.54, 1.807) is 6.08 Å². The van der Waals surface area contributed by atoms with E-state index in [1.807, 2.05) is 37.3 Å². The molecule has 3 nitrogen and oxygen atoms in total. The van der Waals surface area contributed by atoms with Crippen LogP contribution in [0.5, 0.6) is 0 Å². The van der Waals surface area contributed by atoms with Crippen molar-refractivity contribution in [2.75, 3.05) is 6.61 Å². The number of carbonyl (C=O) groups excluding carboxylic acids is 2. The number of ketones is 1. The number of carbonyl (C=O) groups is 2. The number of ether oxygens (including phenoxy) is 1. The van der Waals surface area contributed by atoms with E-state index < -0.39 is 0 Å². The molecule has 1 unspecified atom stereocenters. The summed E-state index contributed by atoms with van der Waals surface area (Å²) in [6.45, 7) is 2.50. The zero-order valence-electron chi connectivity index (χ0n) is 11.8. The summed E-state index contributed by atoms with van der Waals surface area (Å²) in [7, 11) is 0. The molecule has 0 amide bonds. The van der Waals surface area contributed by atoms with Crippen molar-refractivity contribution in [3.63, 3.8) is 0 Å². The number of rotatable bonds is 5. The van der Waals surface area contributed by atoms with Gasteiger partial charge in [-0.15, -0.1) is 0 Å². The highest BCUT2D eigenvalue weighted by Crippen LogP contribution is 2.30. The zero-order chi connectivity index (χ0) is 14.4. The van der Waals surface area contributed by atoms with Crippen molar-refractivity contribution in [3.8, 4) is 0 Å². The van der Waals surface area contributed by atoms with Gasteiger partial charge in [0.15, 0.2) is 5.78 Å². The third-order valence-corrected chi connectivity index (χ3v) is 3.47. The van der Waals surface area contributed by atoms with Gasteiger partial charge in [-0.25, -0.2) is 0 Å². The molecule has 0 aromatic heterocycles. The maximum absolute atomic E-state index is 12.0. The van der Waals surface area contributed by atoms with Gasteiger partial charge in [-0.2, -0.15) is 0 Å². The quantitative estimate of drug-likeness (QED) is 0.609. The van der Waals surface area contributed by atoms with Crippen LogP contribution in [0.15, 0.2) is 36.4 Å². The highest BCUT2D eigenvalue weighted by Gasteiger charge is 2.28. The predicted molar refractivity (Wildman–Crippen MR) is 78.0 cm³/mol. The average Bonchev–Trinajstić information content (AvgIpc) is 2.47. The largest absolute Gasteiger partial charge is 0.465 e. The summed E-state index contributed by atoms with van der Waals surface area (Å²) in [5, 5.41) is 0. The Morgan fingerprint density at radius 1 is 1.25 bits per heavy atom. The first kappa shape index (κ1) is 14.5. The zero-order valence-corrected chi connectivity index (χ0v) is 11.8. The highest BCUT2D eigenvalue weighted by molar-refractivity contribution is 6.01. The molecule has 0 aliphatic heterocycles. The van der Waals surface area contributed by atoms with Gasteiger partial charge in [0.1, 0.15) is 0 Å². The number of hydrogen-bond donors (Lipinski definition) is 0. The van der Waals surface area contributed by atoms with Crippen molar-refractivity contribution >= 4 is 17.3 Å². The molecular weight excluding hydrogens is 252 g/mol. The first-order chi connectivity index (χ1) is 9.70. The van der Waals surface area contributed by atoms with Crippen molar-refractivity contribution in [1.82, 2.24) is 0 Å². The second-order valence-electron chi connectivity index (χ2n) is 5.13. The number of allylic oxidation sites excluding steroid dienone is 2. The molecule has 2 rings (SSSR count). The van der Waals surface area contributed by atoms with E-state index in [1.165, 1.54) is 0 Å². The van der Waals surface area contributed by atoms with Crippen LogP contribution < -0.4 is 0 Å². The normalized spacial score (nSPS) is 18.6. The summed E-state index contributed by atoms with van der Waals surface area (Å²) in [6.07, 6.45) is 4.37. The van der Waals surface area contributed by atoms with Gasteiger partial charge in [0.2, 0.25) is 0 Å². The van der Waals surface area contributed by atoms with Crippen molar-refractivity contribution in [1.29, 1.82) is 0 Å². The van der Waals surface area contributed by atoms with E-state index >= 15 is 0 Å². The van der Waals surface area contributed by atoms with E-state index in [4.69, 9.17) is 4.74 Å². The molecule has 1 atom stereocenters. The summed E-state index contributed by atoms with van der Waals surface area (Å²) >= 11 is 0. The molecule has 0 fully saturated rings. The molecule has 1 aromatic rings. The van der Waals surface area contributed by atoms with E-state index in [2.05, 4.69) is 0 Å². The van der Waals surface area contributed by atoms with Crippen molar-refractivity contribution < 1.29 is 14.3 Å². The molecule has 3 heteroatoms. The minimum atomic E-state index is -0.334. The fourth-order valence-corrected chi connectivity index (χ4v) is 2.35. The molecule has 1 aromatic carbocycles. The Balaban J connectivity index is 2.03. The van der Waals surface area contributed by atoms with Crippen LogP contribution in [0, 0.1) is 5.92 Å². The molecule has 106 valence electrons. The van der Waals surface area contributed by atoms with Gasteiger partial charge in [0.25, 0.3) is 0 Å². The smallest absolute Gasteiger partial charge is 0.309 e. The van der Waals surface area contributed by atoms with Crippen molar-refractivity contribution in [2.24, 2.45) is 5.92 Å². The monoisotopic (exact) mass is 272 g/mol. The first-order valence-corrected chi connectivity index (χ1v) is 7.16. The van der Waals surface area contributed by atoms with Crippen LogP contribution in [0.4, 0.5) is 0 Å². The van der Waals surface area contributed by atoms with Crippen LogP contribution in [0.2, 0.25) is 0 Å². The highest BCUT2D eigenvalue weighted by atomic mass is 16.5. The Bertz CT molecular complexity index is 502. The minimum Gasteiger partial charge on any atom is -0.465 e. The Labute approximate surface area is 119 Å². The second-order valence-corrected chi connectivity index (χ2v) is 5.13. The lowest BCUT2D eigenvalue weighted by atomic mass is 9.85. The molecule has 0 bridgehead atoms. The summed E-state index contributed by atoms with van der Waals surface area (Å²) in [6, 6.07) is 9.73. The third-order valence-electron chi connectivity index (χ3n) is 3.47. The Kier molecular flexibility index (Phi) is 5.10. The molecule has 1 aliphatic rings. The molecule has 0 radical (unpaired) electrons. The molecule has 0 heterocycles. The molecule has 1 aliphatic carbocycles. The second kappa shape index (κ2) is 7.04. The molecular formula is C17H20O3. The van der Waals surface area contributed by atoms with Gasteiger partial charge in [0.05, 0.1) is 12.5 Å². The van der Waals surface area contributed by atoms with Gasteiger partial charge in [0, 0.05) is 6.42 Å². The van der Waals surface area contributed by atoms with Crippen LogP contribution in [-0.2, 0) is 14.3 Å². The fraction of sp³-hybridized carbons (Fsp3) is 0.412. The third kappa shape index (κ3) is 3.80. The molecule has 0 spiro atoms. The van der Waals surface area contributed by atoms with Crippen LogP contribution in [0.1, 0.15) is 38.2 Å². The number of unbranched alkanes of at least 4 members (excludes halogenated alkanes) is 1. The number of esters is 1. The van der Waals surface area contributed by atoms with Gasteiger partial charge in [-0.3, -0.25) is 9.59 Å². The fourth-order valence-electron chi connectivity index (χ4n) is 2.35. The SMILES string of the molecule is CCCCOC(=O)C1CC(=O)C=C(c2ccccc2)C1. The first-order valence-electron chi connectivity index (χ1n) is 7.16. The van der Waals surface area contributed by atoms with Gasteiger partial charge in [-0.05, 0) is 30.1 Å². The molecule has 0 N–H and O–H groups in total. The topological polar surface area (TPSA) is 43.4 Å². The van der Waals surface area contributed by atoms with Crippen molar-refractivity contribution in [3.05, 3.63) is 42.0 Å². The van der Waals surface area contributed by atoms with Gasteiger partial charge >= 0.3 is 5.97 Å². The molecule has 20 heavy (non-hydrogen) atoms. The van der Waals surface area contributed by atoms with Gasteiger partial charge in [-0.1, -0.05) is 43.7 Å². The number of benzene rings is 1. The standard InChI is InChI=1S/C17H20O3/c1-2-3-9-20-17(19)15-10-14(11-16(18)12-15)13-7-5-4-6-8-13/h4-8,11,15H,2-3,9-10,12H2,1H3. The minimum absolute atomic E-state index is 0.00699. The van der Waals surface area contributed by atoms with Gasteiger partial charge < -0.3 is 4.74 Å². The van der Waals surface area contributed by atoms with E-state index in [9.17, 15) is 9.59 Å². The maximum atomic E-state index is 12.0. The summed E-state index contributed by atoms with van der Waals surface area (Å²) in [4.78, 5) is 23.8. The van der Waals surface area contributed by atoms with Crippen LogP contribution in [0.3, 0.4) is 0 Å². The van der Waals surface area contributed by atoms with E-state index in [-0.39, 0.29) is 24.1 Å². The predicted octanol–water partition coefficient (Wildman–Crippen LogP) is 3.39. The van der Waals surface area contributed by atoms with E-state index in [0.717, 1.165) is 24.0 Å². The Morgan fingerprint density at radius 3 is 2.70 bits per heavy atom. The summed E-state index contributed by atoms with van der Waals surface area (Å²) in [5.41, 5.74) is 1.94. The number of hydrogen-bond acceptors (Lipinski definition) is 3. The average molecular weight is 272 g/mol. The van der Waals surface area contributed by atoms with Crippen molar-refractivity contribution in [2.45, 2.75) is 32.6 Å².